The van der Waals surface area contributed by atoms with E-state index in [9.17, 15) is 4.79 Å². The molecule has 0 aliphatic heterocycles. The molecule has 0 spiro atoms. The monoisotopic (exact) mass is 346 g/mol. The van der Waals surface area contributed by atoms with E-state index in [2.05, 4.69) is 0 Å². The zero-order chi connectivity index (χ0) is 17.5. The highest BCUT2D eigenvalue weighted by atomic mass is 35.5. The first kappa shape index (κ1) is 18.3. The van der Waals surface area contributed by atoms with E-state index in [0.717, 1.165) is 21.9 Å². The molecule has 1 amide bonds. The van der Waals surface area contributed by atoms with E-state index < -0.39 is 0 Å². The van der Waals surface area contributed by atoms with E-state index in [4.69, 9.17) is 16.3 Å². The smallest absolute Gasteiger partial charge is 0.236 e. The zero-order valence-corrected chi connectivity index (χ0v) is 15.1. The van der Waals surface area contributed by atoms with Gasteiger partial charge in [-0.2, -0.15) is 0 Å². The molecule has 0 atom stereocenters. The second-order valence-electron chi connectivity index (χ2n) is 5.90. The molecule has 128 valence electrons. The summed E-state index contributed by atoms with van der Waals surface area (Å²) in [5.41, 5.74) is 2.18. The van der Waals surface area contributed by atoms with Gasteiger partial charge in [-0.05, 0) is 42.4 Å². The van der Waals surface area contributed by atoms with Crippen LogP contribution >= 0.6 is 11.6 Å². The Morgan fingerprint density at radius 2 is 1.75 bits per heavy atom. The molecule has 2 aromatic rings. The van der Waals surface area contributed by atoms with Crippen LogP contribution in [0.1, 0.15) is 11.1 Å². The first-order chi connectivity index (χ1) is 11.5. The Labute approximate surface area is 148 Å². The van der Waals surface area contributed by atoms with Crippen LogP contribution in [0.3, 0.4) is 0 Å². The molecule has 24 heavy (non-hydrogen) atoms. The highest BCUT2D eigenvalue weighted by Crippen LogP contribution is 2.14. The standard InChI is InChI=1S/C19H23ClN2O2/c1-21(12-15-7-9-17(20)10-8-15)14-19(23)22(2)13-16-5-4-6-18(11-16)24-3/h4-11H,12-14H2,1-3H3. The van der Waals surface area contributed by atoms with Crippen LogP contribution in [0, 0.1) is 0 Å². The minimum atomic E-state index is 0.0780. The number of rotatable bonds is 7. The summed E-state index contributed by atoms with van der Waals surface area (Å²) in [6.45, 7) is 1.63. The number of carbonyl (C=O) groups excluding carboxylic acids is 1. The minimum Gasteiger partial charge on any atom is -0.497 e. The van der Waals surface area contributed by atoms with E-state index >= 15 is 0 Å². The fourth-order valence-electron chi connectivity index (χ4n) is 2.44. The molecular weight excluding hydrogens is 324 g/mol. The van der Waals surface area contributed by atoms with Crippen molar-refractivity contribution in [2.45, 2.75) is 13.1 Å². The third-order valence-corrected chi connectivity index (χ3v) is 4.00. The number of ether oxygens (including phenoxy) is 1. The summed E-state index contributed by atoms with van der Waals surface area (Å²) >= 11 is 5.89. The Hall–Kier alpha value is -2.04. The van der Waals surface area contributed by atoms with Crippen molar-refractivity contribution in [3.63, 3.8) is 0 Å². The number of benzene rings is 2. The molecule has 0 bridgehead atoms. The predicted molar refractivity (Wildman–Crippen MR) is 97.3 cm³/mol. The summed E-state index contributed by atoms with van der Waals surface area (Å²) in [6.07, 6.45) is 0. The summed E-state index contributed by atoms with van der Waals surface area (Å²) < 4.78 is 5.22. The van der Waals surface area contributed by atoms with Gasteiger partial charge < -0.3 is 9.64 Å². The zero-order valence-electron chi connectivity index (χ0n) is 14.3. The summed E-state index contributed by atoms with van der Waals surface area (Å²) in [5.74, 6) is 0.877. The van der Waals surface area contributed by atoms with Crippen molar-refractivity contribution in [2.75, 3.05) is 27.7 Å². The number of nitrogens with zero attached hydrogens (tertiary/aromatic N) is 2. The Morgan fingerprint density at radius 1 is 1.04 bits per heavy atom. The molecule has 0 heterocycles. The van der Waals surface area contributed by atoms with Crippen LogP contribution in [0.5, 0.6) is 5.75 Å². The lowest BCUT2D eigenvalue weighted by Gasteiger charge is -2.22. The van der Waals surface area contributed by atoms with Gasteiger partial charge in [0.2, 0.25) is 5.91 Å². The summed E-state index contributed by atoms with van der Waals surface area (Å²) in [6, 6.07) is 15.4. The van der Waals surface area contributed by atoms with Gasteiger partial charge in [0, 0.05) is 25.2 Å². The molecule has 0 unspecified atom stereocenters. The van der Waals surface area contributed by atoms with Crippen LogP contribution < -0.4 is 4.74 Å². The van der Waals surface area contributed by atoms with Crippen molar-refractivity contribution in [1.82, 2.24) is 9.80 Å². The van der Waals surface area contributed by atoms with E-state index in [-0.39, 0.29) is 5.91 Å². The van der Waals surface area contributed by atoms with Crippen molar-refractivity contribution in [2.24, 2.45) is 0 Å². The van der Waals surface area contributed by atoms with Gasteiger partial charge in [0.05, 0.1) is 13.7 Å². The molecule has 0 N–H and O–H groups in total. The van der Waals surface area contributed by atoms with Gasteiger partial charge in [-0.25, -0.2) is 0 Å². The number of carbonyl (C=O) groups is 1. The van der Waals surface area contributed by atoms with Crippen LogP contribution in [0.4, 0.5) is 0 Å². The number of likely N-dealkylation sites (N-methyl/N-ethyl adjacent to an activating group) is 2. The largest absolute Gasteiger partial charge is 0.497 e. The fraction of sp³-hybridized carbons (Fsp3) is 0.316. The third kappa shape index (κ3) is 5.55. The topological polar surface area (TPSA) is 32.8 Å². The highest BCUT2D eigenvalue weighted by Gasteiger charge is 2.13. The van der Waals surface area contributed by atoms with Crippen molar-refractivity contribution in [1.29, 1.82) is 0 Å². The van der Waals surface area contributed by atoms with Crippen molar-refractivity contribution in [3.05, 3.63) is 64.7 Å². The van der Waals surface area contributed by atoms with Crippen molar-refractivity contribution >= 4 is 17.5 Å². The SMILES string of the molecule is COc1cccc(CN(C)C(=O)CN(C)Cc2ccc(Cl)cc2)c1. The van der Waals surface area contributed by atoms with E-state index in [0.29, 0.717) is 19.6 Å². The lowest BCUT2D eigenvalue weighted by molar-refractivity contribution is -0.131. The van der Waals surface area contributed by atoms with Gasteiger partial charge in [-0.3, -0.25) is 9.69 Å². The second kappa shape index (κ2) is 8.71. The molecular formula is C19H23ClN2O2. The average Bonchev–Trinajstić information content (AvgIpc) is 2.57. The number of hydrogen-bond acceptors (Lipinski definition) is 3. The third-order valence-electron chi connectivity index (χ3n) is 3.75. The second-order valence-corrected chi connectivity index (χ2v) is 6.34. The molecule has 5 heteroatoms. The van der Waals surface area contributed by atoms with Gasteiger partial charge in [0.1, 0.15) is 5.75 Å². The molecule has 4 nitrogen and oxygen atoms in total. The van der Waals surface area contributed by atoms with Crippen LogP contribution in [-0.2, 0) is 17.9 Å². The molecule has 0 fully saturated rings. The van der Waals surface area contributed by atoms with Gasteiger partial charge >= 0.3 is 0 Å². The maximum Gasteiger partial charge on any atom is 0.236 e. The number of methoxy groups -OCH3 is 1. The number of hydrogen-bond donors (Lipinski definition) is 0. The molecule has 0 saturated heterocycles. The Bertz CT molecular complexity index is 673. The van der Waals surface area contributed by atoms with Gasteiger partial charge in [-0.15, -0.1) is 0 Å². The molecule has 0 aliphatic rings. The van der Waals surface area contributed by atoms with Gasteiger partial charge in [-0.1, -0.05) is 35.9 Å². The minimum absolute atomic E-state index is 0.0780. The average molecular weight is 347 g/mol. The highest BCUT2D eigenvalue weighted by molar-refractivity contribution is 6.30. The van der Waals surface area contributed by atoms with Crippen LogP contribution in [-0.4, -0.2) is 43.5 Å². The Morgan fingerprint density at radius 3 is 2.42 bits per heavy atom. The summed E-state index contributed by atoms with van der Waals surface area (Å²) in [7, 11) is 5.39. The van der Waals surface area contributed by atoms with Crippen LogP contribution in [0.2, 0.25) is 5.02 Å². The number of halogens is 1. The van der Waals surface area contributed by atoms with Crippen LogP contribution in [0.15, 0.2) is 48.5 Å². The van der Waals surface area contributed by atoms with Crippen molar-refractivity contribution in [3.8, 4) is 5.75 Å². The van der Waals surface area contributed by atoms with E-state index in [1.54, 1.807) is 12.0 Å². The Kier molecular flexibility index (Phi) is 6.64. The molecule has 0 aliphatic carbocycles. The maximum atomic E-state index is 12.4. The fourth-order valence-corrected chi connectivity index (χ4v) is 2.57. The van der Waals surface area contributed by atoms with Gasteiger partial charge in [0.25, 0.3) is 0 Å². The maximum absolute atomic E-state index is 12.4. The normalized spacial score (nSPS) is 10.7. The van der Waals surface area contributed by atoms with E-state index in [1.165, 1.54) is 0 Å². The molecule has 0 aromatic heterocycles. The first-order valence-corrected chi connectivity index (χ1v) is 8.15. The van der Waals surface area contributed by atoms with Crippen molar-refractivity contribution < 1.29 is 9.53 Å². The van der Waals surface area contributed by atoms with E-state index in [1.807, 2.05) is 67.5 Å². The van der Waals surface area contributed by atoms with Crippen LogP contribution in [0.25, 0.3) is 0 Å². The molecule has 2 rings (SSSR count). The first-order valence-electron chi connectivity index (χ1n) is 7.78. The quantitative estimate of drug-likeness (QED) is 0.770. The van der Waals surface area contributed by atoms with Gasteiger partial charge in [0.15, 0.2) is 0 Å². The Balaban J connectivity index is 1.87. The molecule has 0 saturated carbocycles. The lowest BCUT2D eigenvalue weighted by atomic mass is 10.2. The molecule has 2 aromatic carbocycles. The predicted octanol–water partition coefficient (Wildman–Crippen LogP) is 3.44. The summed E-state index contributed by atoms with van der Waals surface area (Å²) in [5, 5.41) is 0.718. The summed E-state index contributed by atoms with van der Waals surface area (Å²) in [4.78, 5) is 16.1. The lowest BCUT2D eigenvalue weighted by Crippen LogP contribution is -2.36. The molecule has 0 radical (unpaired) electrons. The number of amides is 1.